The molecule has 0 fully saturated rings. The van der Waals surface area contributed by atoms with E-state index < -0.39 is 11.1 Å². The lowest BCUT2D eigenvalue weighted by Crippen LogP contribution is -1.87. The molecule has 0 aliphatic carbocycles. The van der Waals surface area contributed by atoms with Crippen LogP contribution < -0.4 is 0 Å². The number of rotatable bonds is 2. The van der Waals surface area contributed by atoms with Crippen molar-refractivity contribution in [3.05, 3.63) is 34.1 Å². The van der Waals surface area contributed by atoms with Crippen molar-refractivity contribution in [1.82, 2.24) is 4.98 Å². The summed E-state index contributed by atoms with van der Waals surface area (Å²) in [4.78, 5) is 4.06. The van der Waals surface area contributed by atoms with Crippen molar-refractivity contribution < 1.29 is 8.76 Å². The van der Waals surface area contributed by atoms with Gasteiger partial charge in [0, 0.05) is 15.4 Å². The fraction of sp³-hybridized carbons (Fsp3) is 0. The second kappa shape index (κ2) is 4.52. The molecular formula is C9H6BrNO2S2. The van der Waals surface area contributed by atoms with E-state index in [2.05, 4.69) is 20.9 Å². The Balaban J connectivity index is 2.37. The molecule has 2 rings (SSSR count). The number of nitrogens with zero attached hydrogens (tertiary/aromatic N) is 1. The third-order valence-corrected chi connectivity index (χ3v) is 3.89. The van der Waals surface area contributed by atoms with Crippen LogP contribution in [0.1, 0.15) is 0 Å². The molecule has 1 N–H and O–H groups in total. The van der Waals surface area contributed by atoms with Crippen LogP contribution in [0.25, 0.3) is 10.6 Å². The molecule has 1 atom stereocenters. The normalized spacial score (nSPS) is 12.7. The van der Waals surface area contributed by atoms with Crippen LogP contribution >= 0.6 is 27.3 Å². The zero-order chi connectivity index (χ0) is 10.8. The third kappa shape index (κ3) is 2.52. The lowest BCUT2D eigenvalue weighted by molar-refractivity contribution is 0.561. The van der Waals surface area contributed by atoms with Gasteiger partial charge in [-0.2, -0.15) is 0 Å². The van der Waals surface area contributed by atoms with E-state index in [1.807, 2.05) is 24.3 Å². The SMILES string of the molecule is O=S(O)c1csc(-c2ccc(Br)cc2)n1. The smallest absolute Gasteiger partial charge is 0.206 e. The van der Waals surface area contributed by atoms with Gasteiger partial charge in [0.1, 0.15) is 5.01 Å². The Labute approximate surface area is 102 Å². The Kier molecular flexibility index (Phi) is 3.30. The van der Waals surface area contributed by atoms with Gasteiger partial charge in [-0.25, -0.2) is 9.19 Å². The van der Waals surface area contributed by atoms with E-state index in [9.17, 15) is 4.21 Å². The van der Waals surface area contributed by atoms with Crippen molar-refractivity contribution in [1.29, 1.82) is 0 Å². The molecule has 0 spiro atoms. The van der Waals surface area contributed by atoms with Crippen molar-refractivity contribution in [3.8, 4) is 10.6 Å². The maximum absolute atomic E-state index is 10.7. The maximum Gasteiger partial charge on any atom is 0.206 e. The lowest BCUT2D eigenvalue weighted by atomic mass is 10.2. The first-order valence-electron chi connectivity index (χ1n) is 3.99. The quantitative estimate of drug-likeness (QED) is 0.867. The lowest BCUT2D eigenvalue weighted by Gasteiger charge is -1.95. The molecule has 78 valence electrons. The Morgan fingerprint density at radius 2 is 2.00 bits per heavy atom. The molecule has 0 amide bonds. The van der Waals surface area contributed by atoms with Crippen molar-refractivity contribution in [3.63, 3.8) is 0 Å². The molecule has 0 saturated heterocycles. The summed E-state index contributed by atoms with van der Waals surface area (Å²) in [7, 11) is 0. The van der Waals surface area contributed by atoms with Gasteiger partial charge in [0.2, 0.25) is 11.1 Å². The summed E-state index contributed by atoms with van der Waals surface area (Å²) in [6, 6.07) is 7.64. The standard InChI is InChI=1S/C9H6BrNO2S2/c10-7-3-1-6(2-4-7)9-11-8(5-14-9)15(12)13/h1-5H,(H,12,13). The first kappa shape index (κ1) is 10.9. The molecule has 0 radical (unpaired) electrons. The number of thiazole rings is 1. The van der Waals surface area contributed by atoms with Crippen molar-refractivity contribution in [2.24, 2.45) is 0 Å². The van der Waals surface area contributed by atoms with E-state index in [4.69, 9.17) is 4.55 Å². The number of halogens is 1. The van der Waals surface area contributed by atoms with Gasteiger partial charge in [0.25, 0.3) is 0 Å². The summed E-state index contributed by atoms with van der Waals surface area (Å²) in [6.07, 6.45) is 0. The summed E-state index contributed by atoms with van der Waals surface area (Å²) < 4.78 is 20.6. The minimum Gasteiger partial charge on any atom is -0.301 e. The number of aromatic nitrogens is 1. The predicted octanol–water partition coefficient (Wildman–Crippen LogP) is 3.15. The van der Waals surface area contributed by atoms with Gasteiger partial charge in [-0.05, 0) is 12.1 Å². The summed E-state index contributed by atoms with van der Waals surface area (Å²) in [5.41, 5.74) is 0.944. The van der Waals surface area contributed by atoms with Crippen LogP contribution in [0.15, 0.2) is 39.1 Å². The van der Waals surface area contributed by atoms with E-state index in [1.165, 1.54) is 11.3 Å². The van der Waals surface area contributed by atoms with Crippen LogP contribution in [-0.4, -0.2) is 13.7 Å². The maximum atomic E-state index is 10.7. The van der Waals surface area contributed by atoms with E-state index in [0.29, 0.717) is 0 Å². The number of benzene rings is 1. The molecule has 2 aromatic rings. The number of hydrogen-bond acceptors (Lipinski definition) is 3. The summed E-state index contributed by atoms with van der Waals surface area (Å²) in [5.74, 6) is 0. The summed E-state index contributed by atoms with van der Waals surface area (Å²) in [5, 5.41) is 2.55. The predicted molar refractivity (Wildman–Crippen MR) is 64.3 cm³/mol. The average Bonchev–Trinajstić information content (AvgIpc) is 2.68. The van der Waals surface area contributed by atoms with Crippen molar-refractivity contribution in [2.75, 3.05) is 0 Å². The zero-order valence-corrected chi connectivity index (χ0v) is 10.6. The van der Waals surface area contributed by atoms with E-state index in [0.717, 1.165) is 15.0 Å². The first-order valence-corrected chi connectivity index (χ1v) is 6.77. The molecule has 1 heterocycles. The second-order valence-electron chi connectivity index (χ2n) is 2.75. The van der Waals surface area contributed by atoms with E-state index >= 15 is 0 Å². The molecule has 3 nitrogen and oxygen atoms in total. The Morgan fingerprint density at radius 1 is 1.33 bits per heavy atom. The van der Waals surface area contributed by atoms with Crippen LogP contribution in [-0.2, 0) is 11.1 Å². The minimum atomic E-state index is -2.00. The minimum absolute atomic E-state index is 0.206. The third-order valence-electron chi connectivity index (χ3n) is 1.75. The fourth-order valence-corrected chi connectivity index (χ4v) is 2.72. The van der Waals surface area contributed by atoms with Gasteiger partial charge in [-0.3, -0.25) is 0 Å². The molecule has 1 aromatic carbocycles. The highest BCUT2D eigenvalue weighted by Crippen LogP contribution is 2.25. The first-order chi connectivity index (χ1) is 7.16. The molecule has 0 bridgehead atoms. The van der Waals surface area contributed by atoms with Gasteiger partial charge in [-0.15, -0.1) is 11.3 Å². The van der Waals surface area contributed by atoms with E-state index in [1.54, 1.807) is 5.38 Å². The van der Waals surface area contributed by atoms with Gasteiger partial charge in [0.05, 0.1) is 0 Å². The van der Waals surface area contributed by atoms with Gasteiger partial charge >= 0.3 is 0 Å². The topological polar surface area (TPSA) is 50.2 Å². The largest absolute Gasteiger partial charge is 0.301 e. The molecule has 0 aliphatic heterocycles. The van der Waals surface area contributed by atoms with Crippen molar-refractivity contribution in [2.45, 2.75) is 5.03 Å². The average molecular weight is 304 g/mol. The van der Waals surface area contributed by atoms with Crippen LogP contribution in [0.4, 0.5) is 0 Å². The van der Waals surface area contributed by atoms with Crippen LogP contribution in [0.2, 0.25) is 0 Å². The van der Waals surface area contributed by atoms with Gasteiger partial charge in [-0.1, -0.05) is 28.1 Å². The highest BCUT2D eigenvalue weighted by atomic mass is 79.9. The van der Waals surface area contributed by atoms with Gasteiger partial charge in [0.15, 0.2) is 5.03 Å². The summed E-state index contributed by atoms with van der Waals surface area (Å²) in [6.45, 7) is 0. The van der Waals surface area contributed by atoms with Crippen LogP contribution in [0.3, 0.4) is 0 Å². The Bertz CT molecular complexity index is 495. The number of hydrogen-bond donors (Lipinski definition) is 1. The summed E-state index contributed by atoms with van der Waals surface area (Å²) >= 11 is 2.70. The highest BCUT2D eigenvalue weighted by Gasteiger charge is 2.07. The molecule has 1 unspecified atom stereocenters. The molecular weight excluding hydrogens is 298 g/mol. The molecule has 15 heavy (non-hydrogen) atoms. The zero-order valence-electron chi connectivity index (χ0n) is 7.38. The molecule has 1 aromatic heterocycles. The Hall–Kier alpha value is -0.560. The second-order valence-corrected chi connectivity index (χ2v) is 5.44. The van der Waals surface area contributed by atoms with Crippen molar-refractivity contribution >= 4 is 38.3 Å². The van der Waals surface area contributed by atoms with E-state index in [-0.39, 0.29) is 5.03 Å². The van der Waals surface area contributed by atoms with Crippen LogP contribution in [0, 0.1) is 0 Å². The monoisotopic (exact) mass is 303 g/mol. The fourth-order valence-electron chi connectivity index (χ4n) is 1.06. The van der Waals surface area contributed by atoms with Crippen LogP contribution in [0.5, 0.6) is 0 Å². The van der Waals surface area contributed by atoms with Gasteiger partial charge < -0.3 is 4.55 Å². The highest BCUT2D eigenvalue weighted by molar-refractivity contribution is 9.10. The molecule has 6 heteroatoms. The Morgan fingerprint density at radius 3 is 2.53 bits per heavy atom. The molecule has 0 saturated carbocycles. The molecule has 0 aliphatic rings.